The van der Waals surface area contributed by atoms with E-state index in [9.17, 15) is 10.2 Å². The van der Waals surface area contributed by atoms with E-state index in [0.717, 1.165) is 0 Å². The minimum Gasteiger partial charge on any atom is -0.394 e. The maximum atomic E-state index is 9.78. The second-order valence-corrected chi connectivity index (χ2v) is 3.88. The molecule has 1 aliphatic heterocycles. The van der Waals surface area contributed by atoms with Gasteiger partial charge in [0.2, 0.25) is 0 Å². The number of nitriles is 1. The van der Waals surface area contributed by atoms with E-state index in [1.807, 2.05) is 6.07 Å². The molecule has 2 heterocycles. The van der Waals surface area contributed by atoms with Crippen LogP contribution in [0.2, 0.25) is 0 Å². The zero-order valence-electron chi connectivity index (χ0n) is 8.89. The Bertz CT molecular complexity index is 445. The molecule has 6 nitrogen and oxygen atoms in total. The van der Waals surface area contributed by atoms with Gasteiger partial charge in [-0.3, -0.25) is 4.98 Å². The number of nitrogens with zero attached hydrogens (tertiary/aromatic N) is 2. The van der Waals surface area contributed by atoms with Crippen LogP contribution in [0.3, 0.4) is 0 Å². The molecule has 1 aliphatic rings. The molecule has 6 heteroatoms. The Labute approximate surface area is 97.7 Å². The summed E-state index contributed by atoms with van der Waals surface area (Å²) in [5.41, 5.74) is 0.854. The molecule has 1 aromatic rings. The maximum Gasteiger partial charge on any atom is 0.113 e. The summed E-state index contributed by atoms with van der Waals surface area (Å²) in [5.74, 6) is 0. The van der Waals surface area contributed by atoms with Gasteiger partial charge in [0.15, 0.2) is 0 Å². The van der Waals surface area contributed by atoms with E-state index in [0.29, 0.717) is 11.1 Å². The van der Waals surface area contributed by atoms with Gasteiger partial charge in [-0.25, -0.2) is 0 Å². The quantitative estimate of drug-likeness (QED) is 0.614. The van der Waals surface area contributed by atoms with Gasteiger partial charge in [0.1, 0.15) is 30.5 Å². The van der Waals surface area contributed by atoms with Crippen LogP contribution in [0.25, 0.3) is 0 Å². The molecule has 0 aliphatic carbocycles. The summed E-state index contributed by atoms with van der Waals surface area (Å²) < 4.78 is 5.32. The lowest BCUT2D eigenvalue weighted by atomic mass is 10.0. The van der Waals surface area contributed by atoms with Crippen LogP contribution >= 0.6 is 0 Å². The summed E-state index contributed by atoms with van der Waals surface area (Å²) in [4.78, 5) is 3.85. The van der Waals surface area contributed by atoms with Crippen LogP contribution in [0.4, 0.5) is 0 Å². The van der Waals surface area contributed by atoms with Gasteiger partial charge in [-0.15, -0.1) is 0 Å². The highest BCUT2D eigenvalue weighted by molar-refractivity contribution is 5.31. The second-order valence-electron chi connectivity index (χ2n) is 3.88. The predicted octanol–water partition coefficient (Wildman–Crippen LogP) is -0.893. The fourth-order valence-corrected chi connectivity index (χ4v) is 1.85. The number of aromatic nitrogens is 1. The molecule has 0 saturated carbocycles. The van der Waals surface area contributed by atoms with Crippen molar-refractivity contribution in [1.82, 2.24) is 4.98 Å². The van der Waals surface area contributed by atoms with Gasteiger partial charge in [-0.2, -0.15) is 5.26 Å². The Morgan fingerprint density at radius 1 is 1.35 bits per heavy atom. The first-order valence-electron chi connectivity index (χ1n) is 5.15. The van der Waals surface area contributed by atoms with Crippen molar-refractivity contribution in [2.75, 3.05) is 6.61 Å². The van der Waals surface area contributed by atoms with Gasteiger partial charge < -0.3 is 20.1 Å². The minimum atomic E-state index is -1.14. The van der Waals surface area contributed by atoms with Crippen LogP contribution in [0, 0.1) is 11.3 Å². The number of aliphatic hydroxyl groups is 3. The molecule has 0 radical (unpaired) electrons. The molecule has 4 atom stereocenters. The van der Waals surface area contributed by atoms with Crippen molar-refractivity contribution in [1.29, 1.82) is 5.26 Å². The van der Waals surface area contributed by atoms with Gasteiger partial charge in [-0.1, -0.05) is 0 Å². The number of ether oxygens (including phenoxy) is 1. The Balaban J connectivity index is 2.26. The van der Waals surface area contributed by atoms with Crippen molar-refractivity contribution in [2.45, 2.75) is 24.4 Å². The Kier molecular flexibility index (Phi) is 3.36. The third kappa shape index (κ3) is 2.14. The van der Waals surface area contributed by atoms with Gasteiger partial charge in [0.25, 0.3) is 0 Å². The first-order chi connectivity index (χ1) is 8.17. The molecular weight excluding hydrogens is 224 g/mol. The third-order valence-electron chi connectivity index (χ3n) is 2.76. The SMILES string of the molecule is N#Cc1cncc([C@@H]2O[C@H](CO)[C@@H](O)[C@@H]2O)c1. The van der Waals surface area contributed by atoms with Crippen LogP contribution in [0.5, 0.6) is 0 Å². The lowest BCUT2D eigenvalue weighted by Gasteiger charge is -2.14. The summed E-state index contributed by atoms with van der Waals surface area (Å²) >= 11 is 0. The average molecular weight is 236 g/mol. The van der Waals surface area contributed by atoms with Crippen LogP contribution in [0.15, 0.2) is 18.5 Å². The highest BCUT2D eigenvalue weighted by Crippen LogP contribution is 2.33. The smallest absolute Gasteiger partial charge is 0.113 e. The normalized spacial score (nSPS) is 32.4. The second kappa shape index (κ2) is 4.77. The molecule has 0 amide bonds. The predicted molar refractivity (Wildman–Crippen MR) is 55.7 cm³/mol. The number of pyridine rings is 1. The fraction of sp³-hybridized carbons (Fsp3) is 0.455. The molecule has 17 heavy (non-hydrogen) atoms. The van der Waals surface area contributed by atoms with Crippen molar-refractivity contribution in [3.05, 3.63) is 29.6 Å². The number of aliphatic hydroxyl groups excluding tert-OH is 3. The minimum absolute atomic E-state index is 0.347. The van der Waals surface area contributed by atoms with Crippen molar-refractivity contribution >= 4 is 0 Å². The largest absolute Gasteiger partial charge is 0.394 e. The number of hydrogen-bond donors (Lipinski definition) is 3. The van der Waals surface area contributed by atoms with E-state index in [1.54, 1.807) is 0 Å². The topological polar surface area (TPSA) is 107 Å². The van der Waals surface area contributed by atoms with Crippen LogP contribution in [-0.2, 0) is 4.74 Å². The Morgan fingerprint density at radius 3 is 2.71 bits per heavy atom. The van der Waals surface area contributed by atoms with Gasteiger partial charge in [-0.05, 0) is 6.07 Å². The van der Waals surface area contributed by atoms with Gasteiger partial charge >= 0.3 is 0 Å². The van der Waals surface area contributed by atoms with Crippen molar-refractivity contribution in [2.24, 2.45) is 0 Å². The summed E-state index contributed by atoms with van der Waals surface area (Å²) in [6.07, 6.45) is -1.02. The van der Waals surface area contributed by atoms with E-state index in [4.69, 9.17) is 15.1 Å². The highest BCUT2D eigenvalue weighted by Gasteiger charge is 2.43. The third-order valence-corrected chi connectivity index (χ3v) is 2.76. The van der Waals surface area contributed by atoms with Crippen LogP contribution in [0.1, 0.15) is 17.2 Å². The number of rotatable bonds is 2. The van der Waals surface area contributed by atoms with Crippen molar-refractivity contribution in [3.63, 3.8) is 0 Å². The molecule has 1 fully saturated rings. The summed E-state index contributed by atoms with van der Waals surface area (Å²) in [6, 6.07) is 3.47. The first-order valence-corrected chi connectivity index (χ1v) is 5.15. The van der Waals surface area contributed by atoms with Crippen LogP contribution < -0.4 is 0 Å². The summed E-state index contributed by atoms with van der Waals surface area (Å²) in [5, 5.41) is 37.1. The standard InChI is InChI=1S/C11H12N2O4/c12-2-6-1-7(4-13-3-6)11-10(16)9(15)8(5-14)17-11/h1,3-4,8-11,14-16H,5H2/t8-,9-,10+,11+/m1/s1. The summed E-state index contributed by atoms with van der Waals surface area (Å²) in [6.45, 7) is -0.375. The van der Waals surface area contributed by atoms with Gasteiger partial charge in [0.05, 0.1) is 12.2 Å². The molecule has 1 aromatic heterocycles. The molecule has 2 rings (SSSR count). The lowest BCUT2D eigenvalue weighted by molar-refractivity contribution is -0.0228. The fourth-order valence-electron chi connectivity index (χ4n) is 1.85. The first kappa shape index (κ1) is 12.0. The Hall–Kier alpha value is -1.52. The van der Waals surface area contributed by atoms with E-state index < -0.39 is 24.4 Å². The molecule has 0 bridgehead atoms. The van der Waals surface area contributed by atoms with E-state index in [1.165, 1.54) is 18.5 Å². The molecule has 90 valence electrons. The van der Waals surface area contributed by atoms with Crippen LogP contribution in [-0.4, -0.2) is 45.2 Å². The lowest BCUT2D eigenvalue weighted by Crippen LogP contribution is -2.32. The van der Waals surface area contributed by atoms with Gasteiger partial charge in [0, 0.05) is 18.0 Å². The zero-order valence-corrected chi connectivity index (χ0v) is 8.89. The molecule has 3 N–H and O–H groups in total. The van der Waals surface area contributed by atoms with E-state index >= 15 is 0 Å². The highest BCUT2D eigenvalue weighted by atomic mass is 16.6. The molecule has 1 saturated heterocycles. The maximum absolute atomic E-state index is 9.78. The van der Waals surface area contributed by atoms with E-state index in [-0.39, 0.29) is 6.61 Å². The summed E-state index contributed by atoms with van der Waals surface area (Å²) in [7, 11) is 0. The zero-order chi connectivity index (χ0) is 12.4. The molecule has 0 spiro atoms. The molecular formula is C11H12N2O4. The van der Waals surface area contributed by atoms with Crippen molar-refractivity contribution < 1.29 is 20.1 Å². The monoisotopic (exact) mass is 236 g/mol. The van der Waals surface area contributed by atoms with Crippen molar-refractivity contribution in [3.8, 4) is 6.07 Å². The molecule has 0 aromatic carbocycles. The van der Waals surface area contributed by atoms with E-state index in [2.05, 4.69) is 4.98 Å². The number of hydrogen-bond acceptors (Lipinski definition) is 6. The average Bonchev–Trinajstić information content (AvgIpc) is 2.66. The molecule has 0 unspecified atom stereocenters. The Morgan fingerprint density at radius 2 is 2.12 bits per heavy atom.